The van der Waals surface area contributed by atoms with Crippen molar-refractivity contribution in [3.63, 3.8) is 0 Å². The molecule has 1 aliphatic rings. The number of hydrogen-bond donors (Lipinski definition) is 2. The highest BCUT2D eigenvalue weighted by atomic mass is 35.5. The van der Waals surface area contributed by atoms with Crippen LogP contribution in [0.3, 0.4) is 0 Å². The van der Waals surface area contributed by atoms with Crippen LogP contribution in [0.15, 0.2) is 23.1 Å². The molecule has 0 unspecified atom stereocenters. The van der Waals surface area contributed by atoms with Gasteiger partial charge in [-0.2, -0.15) is 0 Å². The highest BCUT2D eigenvalue weighted by Gasteiger charge is 2.21. The SMILES string of the molecule is COc1ccc(S(=O)(=O)NCCC(=O)N2CCC(N)CC2)cc1OC.Cl. The van der Waals surface area contributed by atoms with E-state index in [0.717, 1.165) is 12.8 Å². The Labute approximate surface area is 160 Å². The minimum Gasteiger partial charge on any atom is -0.493 e. The van der Waals surface area contributed by atoms with Crippen molar-refractivity contribution in [2.24, 2.45) is 5.73 Å². The summed E-state index contributed by atoms with van der Waals surface area (Å²) in [5.74, 6) is 0.702. The maximum Gasteiger partial charge on any atom is 0.240 e. The van der Waals surface area contributed by atoms with E-state index in [1.54, 1.807) is 4.90 Å². The van der Waals surface area contributed by atoms with E-state index in [9.17, 15) is 13.2 Å². The Morgan fingerprint density at radius 1 is 1.23 bits per heavy atom. The Morgan fingerprint density at radius 2 is 1.85 bits per heavy atom. The number of nitrogens with one attached hydrogen (secondary N) is 1. The minimum absolute atomic E-state index is 0. The molecule has 1 amide bonds. The van der Waals surface area contributed by atoms with Gasteiger partial charge < -0.3 is 20.1 Å². The lowest BCUT2D eigenvalue weighted by molar-refractivity contribution is -0.132. The van der Waals surface area contributed by atoms with Gasteiger partial charge >= 0.3 is 0 Å². The predicted octanol–water partition coefficient (Wildman–Crippen LogP) is 0.744. The second-order valence-electron chi connectivity index (χ2n) is 5.88. The number of sulfonamides is 1. The van der Waals surface area contributed by atoms with Crippen molar-refractivity contribution in [3.8, 4) is 11.5 Å². The van der Waals surface area contributed by atoms with Gasteiger partial charge in [0.05, 0.1) is 19.1 Å². The van der Waals surface area contributed by atoms with E-state index in [1.807, 2.05) is 0 Å². The number of benzene rings is 1. The largest absolute Gasteiger partial charge is 0.493 e. The van der Waals surface area contributed by atoms with Gasteiger partial charge in [0.2, 0.25) is 15.9 Å². The molecular weight excluding hydrogens is 382 g/mol. The maximum absolute atomic E-state index is 12.4. The summed E-state index contributed by atoms with van der Waals surface area (Å²) in [5, 5.41) is 0. The van der Waals surface area contributed by atoms with Gasteiger partial charge in [-0.25, -0.2) is 13.1 Å². The molecule has 0 saturated carbocycles. The van der Waals surface area contributed by atoms with Crippen LogP contribution in [0.2, 0.25) is 0 Å². The van der Waals surface area contributed by atoms with Crippen molar-refractivity contribution in [1.29, 1.82) is 0 Å². The second-order valence-corrected chi connectivity index (χ2v) is 7.65. The summed E-state index contributed by atoms with van der Waals surface area (Å²) in [5.41, 5.74) is 5.81. The van der Waals surface area contributed by atoms with Crippen molar-refractivity contribution in [2.45, 2.75) is 30.2 Å². The zero-order valence-corrected chi connectivity index (χ0v) is 16.6. The van der Waals surface area contributed by atoms with Crippen LogP contribution < -0.4 is 19.9 Å². The molecule has 1 fully saturated rings. The van der Waals surface area contributed by atoms with Crippen molar-refractivity contribution >= 4 is 28.3 Å². The fourth-order valence-corrected chi connectivity index (χ4v) is 3.71. The van der Waals surface area contributed by atoms with Gasteiger partial charge in [0.25, 0.3) is 0 Å². The molecule has 0 radical (unpaired) electrons. The van der Waals surface area contributed by atoms with E-state index in [0.29, 0.717) is 24.6 Å². The molecule has 1 aliphatic heterocycles. The second kappa shape index (κ2) is 9.96. The van der Waals surface area contributed by atoms with Crippen molar-refractivity contribution in [1.82, 2.24) is 9.62 Å². The standard InChI is InChI=1S/C16H25N3O5S.ClH/c1-23-14-4-3-13(11-15(14)24-2)25(21,22)18-8-5-16(20)19-9-6-12(17)7-10-19;/h3-4,11-12,18H,5-10,17H2,1-2H3;1H. The van der Waals surface area contributed by atoms with Crippen LogP contribution in [0.25, 0.3) is 0 Å². The molecule has 1 heterocycles. The summed E-state index contributed by atoms with van der Waals surface area (Å²) in [6, 6.07) is 4.48. The van der Waals surface area contributed by atoms with E-state index in [4.69, 9.17) is 15.2 Å². The van der Waals surface area contributed by atoms with Gasteiger partial charge in [0, 0.05) is 38.2 Å². The Kier molecular flexibility index (Phi) is 8.61. The summed E-state index contributed by atoms with van der Waals surface area (Å²) in [4.78, 5) is 13.9. The molecule has 10 heteroatoms. The lowest BCUT2D eigenvalue weighted by atomic mass is 10.1. The Hall–Kier alpha value is -1.55. The first-order valence-electron chi connectivity index (χ1n) is 8.12. The maximum atomic E-state index is 12.4. The molecule has 1 aromatic rings. The molecule has 0 aliphatic carbocycles. The van der Waals surface area contributed by atoms with E-state index >= 15 is 0 Å². The lowest BCUT2D eigenvalue weighted by Gasteiger charge is -2.30. The smallest absolute Gasteiger partial charge is 0.240 e. The van der Waals surface area contributed by atoms with Crippen LogP contribution in [0.4, 0.5) is 0 Å². The number of piperidine rings is 1. The molecular formula is C16H26ClN3O5S. The molecule has 2 rings (SSSR count). The number of nitrogens with two attached hydrogens (primary N) is 1. The third-order valence-electron chi connectivity index (χ3n) is 4.19. The van der Waals surface area contributed by atoms with Crippen LogP contribution in [0.1, 0.15) is 19.3 Å². The number of amides is 1. The number of carbonyl (C=O) groups is 1. The van der Waals surface area contributed by atoms with E-state index in [2.05, 4.69) is 4.72 Å². The molecule has 1 aromatic carbocycles. The highest BCUT2D eigenvalue weighted by Crippen LogP contribution is 2.29. The average Bonchev–Trinajstić information content (AvgIpc) is 2.61. The van der Waals surface area contributed by atoms with E-state index in [-0.39, 0.29) is 42.2 Å². The average molecular weight is 408 g/mol. The summed E-state index contributed by atoms with van der Waals surface area (Å²) < 4.78 is 37.4. The zero-order chi connectivity index (χ0) is 18.4. The fourth-order valence-electron chi connectivity index (χ4n) is 2.67. The van der Waals surface area contributed by atoms with Gasteiger partial charge in [-0.1, -0.05) is 0 Å². The fraction of sp³-hybridized carbons (Fsp3) is 0.562. The number of halogens is 1. The van der Waals surface area contributed by atoms with Gasteiger partial charge in [-0.3, -0.25) is 4.79 Å². The van der Waals surface area contributed by atoms with Crippen LogP contribution in [-0.2, 0) is 14.8 Å². The monoisotopic (exact) mass is 407 g/mol. The molecule has 1 saturated heterocycles. The summed E-state index contributed by atoms with van der Waals surface area (Å²) in [6.45, 7) is 1.29. The third-order valence-corrected chi connectivity index (χ3v) is 5.65. The van der Waals surface area contributed by atoms with Gasteiger partial charge in [-0.05, 0) is 25.0 Å². The van der Waals surface area contributed by atoms with Crippen molar-refractivity contribution < 1.29 is 22.7 Å². The molecule has 0 aromatic heterocycles. The van der Waals surface area contributed by atoms with Gasteiger partial charge in [0.15, 0.2) is 11.5 Å². The first-order valence-corrected chi connectivity index (χ1v) is 9.60. The Balaban J connectivity index is 0.00000338. The number of rotatable bonds is 7. The minimum atomic E-state index is -3.73. The van der Waals surface area contributed by atoms with E-state index < -0.39 is 10.0 Å². The molecule has 26 heavy (non-hydrogen) atoms. The van der Waals surface area contributed by atoms with Crippen molar-refractivity contribution in [3.05, 3.63) is 18.2 Å². The van der Waals surface area contributed by atoms with Crippen LogP contribution >= 0.6 is 12.4 Å². The quantitative estimate of drug-likeness (QED) is 0.689. The highest BCUT2D eigenvalue weighted by molar-refractivity contribution is 7.89. The molecule has 3 N–H and O–H groups in total. The van der Waals surface area contributed by atoms with Crippen molar-refractivity contribution in [2.75, 3.05) is 33.9 Å². The van der Waals surface area contributed by atoms with E-state index in [1.165, 1.54) is 32.4 Å². The molecule has 0 spiro atoms. The Morgan fingerprint density at radius 3 is 2.42 bits per heavy atom. The number of nitrogens with zero attached hydrogens (tertiary/aromatic N) is 1. The molecule has 0 bridgehead atoms. The number of methoxy groups -OCH3 is 2. The number of ether oxygens (including phenoxy) is 2. The zero-order valence-electron chi connectivity index (χ0n) is 14.9. The van der Waals surface area contributed by atoms with Crippen LogP contribution in [-0.4, -0.2) is 59.1 Å². The lowest BCUT2D eigenvalue weighted by Crippen LogP contribution is -2.43. The number of carbonyl (C=O) groups excluding carboxylic acids is 1. The predicted molar refractivity (Wildman–Crippen MR) is 100 cm³/mol. The molecule has 8 nitrogen and oxygen atoms in total. The summed E-state index contributed by atoms with van der Waals surface area (Å²) in [7, 11) is -0.818. The third kappa shape index (κ3) is 5.73. The topological polar surface area (TPSA) is 111 Å². The summed E-state index contributed by atoms with van der Waals surface area (Å²) in [6.07, 6.45) is 1.67. The number of hydrogen-bond acceptors (Lipinski definition) is 6. The van der Waals surface area contributed by atoms with Crippen LogP contribution in [0.5, 0.6) is 11.5 Å². The van der Waals surface area contributed by atoms with Crippen LogP contribution in [0, 0.1) is 0 Å². The summed E-state index contributed by atoms with van der Waals surface area (Å²) >= 11 is 0. The Bertz CT molecular complexity index is 706. The first kappa shape index (κ1) is 22.5. The molecule has 148 valence electrons. The molecule has 0 atom stereocenters. The van der Waals surface area contributed by atoms with Gasteiger partial charge in [-0.15, -0.1) is 12.4 Å². The number of likely N-dealkylation sites (tertiary alicyclic amines) is 1. The first-order chi connectivity index (χ1) is 11.9. The van der Waals surface area contributed by atoms with Gasteiger partial charge in [0.1, 0.15) is 0 Å². The normalized spacial score (nSPS) is 15.3.